The first-order valence-electron chi connectivity index (χ1n) is 9.28. The van der Waals surface area contributed by atoms with Crippen molar-refractivity contribution in [3.05, 3.63) is 94.5 Å². The molecule has 2 nitrogen and oxygen atoms in total. The van der Waals surface area contributed by atoms with Gasteiger partial charge in [0, 0.05) is 21.2 Å². The highest BCUT2D eigenvalue weighted by Gasteiger charge is 2.23. The molecular weight excluding hydrogens is 410 g/mol. The van der Waals surface area contributed by atoms with Crippen LogP contribution in [0.15, 0.2) is 83.3 Å². The molecule has 0 fully saturated rings. The first-order valence-corrected chi connectivity index (χ1v) is 10.1. The van der Waals surface area contributed by atoms with Crippen LogP contribution in [-0.2, 0) is 6.61 Å². The molecule has 4 aromatic rings. The van der Waals surface area contributed by atoms with E-state index in [9.17, 15) is 0 Å². The highest BCUT2D eigenvalue weighted by atomic mass is 79.9. The number of fused-ring (bicyclic) bond motifs is 3. The minimum Gasteiger partial charge on any atom is -0.488 e. The number of halogens is 1. The van der Waals surface area contributed by atoms with Gasteiger partial charge in [-0.25, -0.2) is 4.98 Å². The van der Waals surface area contributed by atoms with Crippen LogP contribution in [0.25, 0.3) is 33.6 Å². The Kier molecular flexibility index (Phi) is 4.25. The molecule has 0 unspecified atom stereocenters. The molecule has 1 aliphatic rings. The quantitative estimate of drug-likeness (QED) is 0.341. The molecule has 28 heavy (non-hydrogen) atoms. The summed E-state index contributed by atoms with van der Waals surface area (Å²) in [6.07, 6.45) is 0. The van der Waals surface area contributed by atoms with Crippen LogP contribution in [0, 0.1) is 6.92 Å². The molecule has 3 aromatic carbocycles. The zero-order valence-corrected chi connectivity index (χ0v) is 17.0. The Morgan fingerprint density at radius 3 is 2.39 bits per heavy atom. The largest absolute Gasteiger partial charge is 0.488 e. The Labute approximate surface area is 173 Å². The van der Waals surface area contributed by atoms with Gasteiger partial charge < -0.3 is 4.74 Å². The maximum atomic E-state index is 6.08. The molecule has 0 bridgehead atoms. The van der Waals surface area contributed by atoms with Crippen LogP contribution in [0.4, 0.5) is 0 Å². The van der Waals surface area contributed by atoms with Crippen molar-refractivity contribution in [3.63, 3.8) is 0 Å². The Balaban J connectivity index is 1.80. The lowest BCUT2D eigenvalue weighted by atomic mass is 9.92. The third-order valence-electron chi connectivity index (χ3n) is 5.11. The second kappa shape index (κ2) is 6.92. The standard InChI is InChI=1S/C25H18BrNO/c1-16-7-12-24-21(13-16)25-22(15-28-24)20(17-5-3-2-4-6-17)14-23(27-25)18-8-10-19(26)11-9-18/h2-14H,15H2,1H3. The number of aromatic nitrogens is 1. The maximum absolute atomic E-state index is 6.08. The predicted molar refractivity (Wildman–Crippen MR) is 117 cm³/mol. The Morgan fingerprint density at radius 1 is 0.821 bits per heavy atom. The molecular formula is C25H18BrNO. The van der Waals surface area contributed by atoms with Gasteiger partial charge in [0.2, 0.25) is 0 Å². The van der Waals surface area contributed by atoms with Crippen molar-refractivity contribution in [2.75, 3.05) is 0 Å². The average Bonchev–Trinajstić information content (AvgIpc) is 2.74. The van der Waals surface area contributed by atoms with Gasteiger partial charge in [-0.15, -0.1) is 0 Å². The molecule has 2 heterocycles. The van der Waals surface area contributed by atoms with Crippen LogP contribution < -0.4 is 4.74 Å². The SMILES string of the molecule is Cc1ccc2c(c1)-c1nc(-c3ccc(Br)cc3)cc(-c3ccccc3)c1CO2. The number of rotatable bonds is 2. The number of aryl methyl sites for hydroxylation is 1. The number of ether oxygens (including phenoxy) is 1. The van der Waals surface area contributed by atoms with E-state index in [1.807, 2.05) is 12.1 Å². The predicted octanol–water partition coefficient (Wildman–Crippen LogP) is 7.05. The zero-order chi connectivity index (χ0) is 19.1. The second-order valence-corrected chi connectivity index (χ2v) is 7.96. The second-order valence-electron chi connectivity index (χ2n) is 7.04. The first-order chi connectivity index (χ1) is 13.7. The van der Waals surface area contributed by atoms with E-state index in [1.165, 1.54) is 16.7 Å². The number of pyridine rings is 1. The van der Waals surface area contributed by atoms with Crippen LogP contribution in [0.2, 0.25) is 0 Å². The van der Waals surface area contributed by atoms with Gasteiger partial charge in [-0.3, -0.25) is 0 Å². The fourth-order valence-electron chi connectivity index (χ4n) is 3.69. The minimum atomic E-state index is 0.531. The van der Waals surface area contributed by atoms with Gasteiger partial charge in [0.1, 0.15) is 12.4 Å². The molecule has 3 heteroatoms. The van der Waals surface area contributed by atoms with Crippen LogP contribution in [0.1, 0.15) is 11.1 Å². The van der Waals surface area contributed by atoms with Crippen molar-refractivity contribution in [3.8, 4) is 39.4 Å². The number of hydrogen-bond acceptors (Lipinski definition) is 2. The molecule has 0 atom stereocenters. The van der Waals surface area contributed by atoms with Gasteiger partial charge in [-0.1, -0.05) is 70.0 Å². The van der Waals surface area contributed by atoms with Crippen LogP contribution >= 0.6 is 15.9 Å². The summed E-state index contributed by atoms with van der Waals surface area (Å²) in [6.45, 7) is 2.63. The average molecular weight is 428 g/mol. The van der Waals surface area contributed by atoms with E-state index < -0.39 is 0 Å². The Bertz CT molecular complexity index is 1170. The summed E-state index contributed by atoms with van der Waals surface area (Å²) in [5.74, 6) is 0.901. The van der Waals surface area contributed by atoms with E-state index in [1.54, 1.807) is 0 Å². The molecule has 1 aliphatic heterocycles. The lowest BCUT2D eigenvalue weighted by molar-refractivity contribution is 0.302. The highest BCUT2D eigenvalue weighted by Crippen LogP contribution is 2.42. The van der Waals surface area contributed by atoms with Crippen molar-refractivity contribution >= 4 is 15.9 Å². The van der Waals surface area contributed by atoms with Gasteiger partial charge in [0.05, 0.1) is 11.4 Å². The molecule has 0 radical (unpaired) electrons. The van der Waals surface area contributed by atoms with Crippen molar-refractivity contribution in [1.29, 1.82) is 0 Å². The van der Waals surface area contributed by atoms with E-state index in [0.29, 0.717) is 6.61 Å². The molecule has 0 saturated carbocycles. The van der Waals surface area contributed by atoms with E-state index in [2.05, 4.69) is 89.6 Å². The van der Waals surface area contributed by atoms with Crippen LogP contribution in [-0.4, -0.2) is 4.98 Å². The van der Waals surface area contributed by atoms with Gasteiger partial charge in [0.25, 0.3) is 0 Å². The molecule has 136 valence electrons. The summed E-state index contributed by atoms with van der Waals surface area (Å²) in [7, 11) is 0. The fraction of sp³-hybridized carbons (Fsp3) is 0.0800. The summed E-state index contributed by atoms with van der Waals surface area (Å²) >= 11 is 3.52. The van der Waals surface area contributed by atoms with Gasteiger partial charge >= 0.3 is 0 Å². The van der Waals surface area contributed by atoms with E-state index in [4.69, 9.17) is 9.72 Å². The van der Waals surface area contributed by atoms with E-state index in [-0.39, 0.29) is 0 Å². The number of nitrogens with zero attached hydrogens (tertiary/aromatic N) is 1. The van der Waals surface area contributed by atoms with Gasteiger partial charge in [0.15, 0.2) is 0 Å². The van der Waals surface area contributed by atoms with Crippen molar-refractivity contribution in [1.82, 2.24) is 4.98 Å². The normalized spacial score (nSPS) is 12.1. The Morgan fingerprint density at radius 2 is 1.61 bits per heavy atom. The van der Waals surface area contributed by atoms with Gasteiger partial charge in [-0.05, 0) is 48.4 Å². The topological polar surface area (TPSA) is 22.1 Å². The fourth-order valence-corrected chi connectivity index (χ4v) is 3.95. The molecule has 0 aliphatic carbocycles. The molecule has 5 rings (SSSR count). The minimum absolute atomic E-state index is 0.531. The van der Waals surface area contributed by atoms with E-state index in [0.717, 1.165) is 38.3 Å². The first kappa shape index (κ1) is 17.2. The summed E-state index contributed by atoms with van der Waals surface area (Å²) in [6, 6.07) is 27.3. The van der Waals surface area contributed by atoms with Crippen molar-refractivity contribution in [2.24, 2.45) is 0 Å². The molecule has 0 spiro atoms. The molecule has 0 saturated heterocycles. The lowest BCUT2D eigenvalue weighted by Gasteiger charge is -2.24. The smallest absolute Gasteiger partial charge is 0.129 e. The summed E-state index contributed by atoms with van der Waals surface area (Å²) in [5, 5.41) is 0. The van der Waals surface area contributed by atoms with Gasteiger partial charge in [-0.2, -0.15) is 0 Å². The summed E-state index contributed by atoms with van der Waals surface area (Å²) < 4.78 is 7.14. The molecule has 0 amide bonds. The maximum Gasteiger partial charge on any atom is 0.129 e. The third-order valence-corrected chi connectivity index (χ3v) is 5.64. The van der Waals surface area contributed by atoms with Crippen LogP contribution in [0.5, 0.6) is 5.75 Å². The third kappa shape index (κ3) is 3.02. The molecule has 0 N–H and O–H groups in total. The Hall–Kier alpha value is -2.91. The number of hydrogen-bond donors (Lipinski definition) is 0. The lowest BCUT2D eigenvalue weighted by Crippen LogP contribution is -2.10. The van der Waals surface area contributed by atoms with Crippen molar-refractivity contribution in [2.45, 2.75) is 13.5 Å². The van der Waals surface area contributed by atoms with E-state index >= 15 is 0 Å². The summed E-state index contributed by atoms with van der Waals surface area (Å²) in [4.78, 5) is 5.09. The molecule has 1 aromatic heterocycles. The summed E-state index contributed by atoms with van der Waals surface area (Å²) in [5.41, 5.74) is 8.86. The highest BCUT2D eigenvalue weighted by molar-refractivity contribution is 9.10. The monoisotopic (exact) mass is 427 g/mol. The van der Waals surface area contributed by atoms with Crippen molar-refractivity contribution < 1.29 is 4.74 Å². The van der Waals surface area contributed by atoms with Crippen LogP contribution in [0.3, 0.4) is 0 Å². The zero-order valence-electron chi connectivity index (χ0n) is 15.4. The number of benzene rings is 3.